The second-order valence-corrected chi connectivity index (χ2v) is 3.13. The molecule has 0 aliphatic rings. The van der Waals surface area contributed by atoms with Crippen LogP contribution in [0.1, 0.15) is 32.1 Å². The number of amides is 1. The van der Waals surface area contributed by atoms with Crippen LogP contribution in [0.4, 0.5) is 0 Å². The molecule has 0 aliphatic carbocycles. The van der Waals surface area contributed by atoms with Crippen LogP contribution in [0.2, 0.25) is 0 Å². The van der Waals surface area contributed by atoms with Crippen LogP contribution in [0, 0.1) is 0 Å². The van der Waals surface area contributed by atoms with Crippen molar-refractivity contribution in [3.63, 3.8) is 0 Å². The summed E-state index contributed by atoms with van der Waals surface area (Å²) in [5, 5.41) is 8.22. The number of carbonyl (C=O) groups excluding carboxylic acids is 1. The van der Waals surface area contributed by atoms with Crippen LogP contribution >= 0.6 is 0 Å². The minimum Gasteiger partial charge on any atom is -0.289 e. The molecule has 0 aromatic heterocycles. The number of allylic oxidation sites excluding steroid dienone is 5. The molecule has 0 heterocycles. The smallest absolute Gasteiger partial charge is 0.243 e. The van der Waals surface area contributed by atoms with Crippen LogP contribution in [-0.2, 0) is 4.79 Å². The molecule has 0 fully saturated rings. The zero-order valence-corrected chi connectivity index (χ0v) is 8.98. The highest BCUT2D eigenvalue weighted by atomic mass is 16.5. The molecule has 0 atom stereocenters. The largest absolute Gasteiger partial charge is 0.289 e. The van der Waals surface area contributed by atoms with Gasteiger partial charge < -0.3 is 0 Å². The summed E-state index contributed by atoms with van der Waals surface area (Å²) in [5.41, 5.74) is 1.61. The van der Waals surface area contributed by atoms with Crippen molar-refractivity contribution < 1.29 is 10.0 Å². The van der Waals surface area contributed by atoms with Gasteiger partial charge in [-0.1, -0.05) is 30.4 Å². The summed E-state index contributed by atoms with van der Waals surface area (Å²) in [6.07, 6.45) is 13.9. The molecule has 3 nitrogen and oxygen atoms in total. The van der Waals surface area contributed by atoms with Gasteiger partial charge in [0, 0.05) is 6.42 Å². The molecule has 0 radical (unpaired) electrons. The van der Waals surface area contributed by atoms with Gasteiger partial charge in [0.1, 0.15) is 0 Å². The van der Waals surface area contributed by atoms with E-state index in [-0.39, 0.29) is 5.91 Å². The standard InChI is InChI=1S/C12H19NO2/c1-2-3-4-5-6-7-8-9-10-11-12(14)13-15/h2,4-5,7-8,15H,1,3,6,9-11H2,(H,13,14)/b5-4+,8-7+. The van der Waals surface area contributed by atoms with E-state index in [1.54, 1.807) is 5.48 Å². The number of hydrogen-bond donors (Lipinski definition) is 2. The Morgan fingerprint density at radius 3 is 2.53 bits per heavy atom. The minimum atomic E-state index is -0.325. The maximum Gasteiger partial charge on any atom is 0.243 e. The third-order valence-corrected chi connectivity index (χ3v) is 1.81. The Morgan fingerprint density at radius 1 is 1.20 bits per heavy atom. The third-order valence-electron chi connectivity index (χ3n) is 1.81. The van der Waals surface area contributed by atoms with Crippen molar-refractivity contribution in [2.75, 3.05) is 0 Å². The van der Waals surface area contributed by atoms with Gasteiger partial charge in [0.2, 0.25) is 5.91 Å². The maximum atomic E-state index is 10.6. The summed E-state index contributed by atoms with van der Waals surface area (Å²) >= 11 is 0. The van der Waals surface area contributed by atoms with Gasteiger partial charge in [-0.3, -0.25) is 10.0 Å². The summed E-state index contributed by atoms with van der Waals surface area (Å²) in [4.78, 5) is 10.6. The lowest BCUT2D eigenvalue weighted by Crippen LogP contribution is -2.17. The average molecular weight is 209 g/mol. The van der Waals surface area contributed by atoms with Gasteiger partial charge in [-0.2, -0.15) is 0 Å². The highest BCUT2D eigenvalue weighted by Crippen LogP contribution is 1.98. The predicted octanol–water partition coefficient (Wildman–Crippen LogP) is 2.74. The first-order chi connectivity index (χ1) is 7.31. The Hall–Kier alpha value is -1.35. The Labute approximate surface area is 91.1 Å². The number of nitrogens with one attached hydrogen (secondary N) is 1. The summed E-state index contributed by atoms with van der Waals surface area (Å²) in [6, 6.07) is 0. The lowest BCUT2D eigenvalue weighted by molar-refractivity contribution is -0.129. The van der Waals surface area contributed by atoms with E-state index >= 15 is 0 Å². The quantitative estimate of drug-likeness (QED) is 0.279. The monoisotopic (exact) mass is 209 g/mol. The Balaban J connectivity index is 3.31. The third kappa shape index (κ3) is 10.6. The van der Waals surface area contributed by atoms with Crippen molar-refractivity contribution >= 4 is 5.91 Å². The first-order valence-corrected chi connectivity index (χ1v) is 5.15. The van der Waals surface area contributed by atoms with Crippen molar-refractivity contribution in [2.45, 2.75) is 32.1 Å². The van der Waals surface area contributed by atoms with Gasteiger partial charge in [0.15, 0.2) is 0 Å². The zero-order chi connectivity index (χ0) is 11.4. The topological polar surface area (TPSA) is 49.3 Å². The van der Waals surface area contributed by atoms with Crippen molar-refractivity contribution in [2.24, 2.45) is 0 Å². The molecule has 0 saturated heterocycles. The summed E-state index contributed by atoms with van der Waals surface area (Å²) < 4.78 is 0. The van der Waals surface area contributed by atoms with Crippen LogP contribution in [0.15, 0.2) is 37.0 Å². The first-order valence-electron chi connectivity index (χ1n) is 5.15. The molecule has 1 amide bonds. The first kappa shape index (κ1) is 13.7. The van der Waals surface area contributed by atoms with Crippen LogP contribution in [-0.4, -0.2) is 11.1 Å². The molecule has 2 N–H and O–H groups in total. The lowest BCUT2D eigenvalue weighted by atomic mass is 10.2. The molecule has 0 spiro atoms. The van der Waals surface area contributed by atoms with Gasteiger partial charge in [-0.15, -0.1) is 6.58 Å². The van der Waals surface area contributed by atoms with E-state index in [4.69, 9.17) is 5.21 Å². The molecule has 84 valence electrons. The SMILES string of the molecule is C=CC/C=C/C/C=C/CCCC(=O)NO. The fraction of sp³-hybridized carbons (Fsp3) is 0.417. The van der Waals surface area contributed by atoms with Gasteiger partial charge in [0.25, 0.3) is 0 Å². The molecule has 3 heteroatoms. The van der Waals surface area contributed by atoms with Gasteiger partial charge in [0.05, 0.1) is 0 Å². The van der Waals surface area contributed by atoms with E-state index in [0.29, 0.717) is 6.42 Å². The molecule has 0 rings (SSSR count). The highest BCUT2D eigenvalue weighted by Gasteiger charge is 1.95. The molecular weight excluding hydrogens is 190 g/mol. The molecule has 0 bridgehead atoms. The predicted molar refractivity (Wildman–Crippen MR) is 61.5 cm³/mol. The number of unbranched alkanes of at least 4 members (excludes halogenated alkanes) is 1. The van der Waals surface area contributed by atoms with E-state index < -0.39 is 0 Å². The highest BCUT2D eigenvalue weighted by molar-refractivity contribution is 5.74. The van der Waals surface area contributed by atoms with E-state index in [0.717, 1.165) is 25.7 Å². The molecule has 0 unspecified atom stereocenters. The van der Waals surface area contributed by atoms with Crippen LogP contribution in [0.5, 0.6) is 0 Å². The number of rotatable bonds is 8. The molecular formula is C12H19NO2. The molecule has 15 heavy (non-hydrogen) atoms. The van der Waals surface area contributed by atoms with E-state index in [9.17, 15) is 4.79 Å². The normalized spacial score (nSPS) is 11.0. The molecule has 0 saturated carbocycles. The average Bonchev–Trinajstić information content (AvgIpc) is 2.26. The van der Waals surface area contributed by atoms with Gasteiger partial charge >= 0.3 is 0 Å². The van der Waals surface area contributed by atoms with Crippen molar-refractivity contribution in [1.29, 1.82) is 0 Å². The Kier molecular flexibility index (Phi) is 9.76. The maximum absolute atomic E-state index is 10.6. The van der Waals surface area contributed by atoms with Crippen molar-refractivity contribution in [3.05, 3.63) is 37.0 Å². The Bertz CT molecular complexity index is 232. The number of hydrogen-bond acceptors (Lipinski definition) is 2. The molecule has 0 aromatic rings. The Morgan fingerprint density at radius 2 is 1.87 bits per heavy atom. The fourth-order valence-corrected chi connectivity index (χ4v) is 1.02. The van der Waals surface area contributed by atoms with E-state index in [1.807, 2.05) is 12.2 Å². The fourth-order valence-electron chi connectivity index (χ4n) is 1.02. The second kappa shape index (κ2) is 10.7. The zero-order valence-electron chi connectivity index (χ0n) is 8.98. The number of hydroxylamine groups is 1. The summed E-state index contributed by atoms with van der Waals surface area (Å²) in [7, 11) is 0. The van der Waals surface area contributed by atoms with Gasteiger partial charge in [-0.25, -0.2) is 5.48 Å². The van der Waals surface area contributed by atoms with Gasteiger partial charge in [-0.05, 0) is 25.7 Å². The van der Waals surface area contributed by atoms with E-state index in [1.165, 1.54) is 0 Å². The number of carbonyl (C=O) groups is 1. The summed E-state index contributed by atoms with van der Waals surface area (Å²) in [5.74, 6) is -0.325. The van der Waals surface area contributed by atoms with Crippen LogP contribution < -0.4 is 5.48 Å². The molecule has 0 aromatic carbocycles. The minimum absolute atomic E-state index is 0.325. The van der Waals surface area contributed by atoms with Crippen LogP contribution in [0.3, 0.4) is 0 Å². The van der Waals surface area contributed by atoms with Crippen molar-refractivity contribution in [3.8, 4) is 0 Å². The van der Waals surface area contributed by atoms with Crippen LogP contribution in [0.25, 0.3) is 0 Å². The van der Waals surface area contributed by atoms with E-state index in [2.05, 4.69) is 24.8 Å². The lowest BCUT2D eigenvalue weighted by Gasteiger charge is -1.94. The second-order valence-electron chi connectivity index (χ2n) is 3.13. The van der Waals surface area contributed by atoms with Crippen molar-refractivity contribution in [1.82, 2.24) is 5.48 Å². The molecule has 0 aliphatic heterocycles. The summed E-state index contributed by atoms with van der Waals surface area (Å²) in [6.45, 7) is 3.62.